The van der Waals surface area contributed by atoms with Crippen molar-refractivity contribution < 1.29 is 0 Å². The summed E-state index contributed by atoms with van der Waals surface area (Å²) in [6.45, 7) is 2.22. The van der Waals surface area contributed by atoms with Crippen LogP contribution in [0.2, 0.25) is 0 Å². The summed E-state index contributed by atoms with van der Waals surface area (Å²) in [7, 11) is 0. The number of aromatic nitrogens is 1. The fourth-order valence-electron chi connectivity index (χ4n) is 2.27. The largest absolute Gasteiger partial charge is 0.262 e. The molecule has 0 N–H and O–H groups in total. The molecule has 2 aliphatic rings. The maximum atomic E-state index is 4.45. The van der Waals surface area contributed by atoms with E-state index in [4.69, 9.17) is 0 Å². The van der Waals surface area contributed by atoms with E-state index in [9.17, 15) is 0 Å². The number of fused-ring (bicyclic) bond motifs is 2. The summed E-state index contributed by atoms with van der Waals surface area (Å²) in [4.78, 5) is 8.63. The molecule has 0 aromatic carbocycles. The molecule has 86 valence electrons. The van der Waals surface area contributed by atoms with Gasteiger partial charge in [0.2, 0.25) is 0 Å². The lowest BCUT2D eigenvalue weighted by Crippen LogP contribution is -2.23. The number of nitrogens with zero attached hydrogens (tertiary/aromatic N) is 4. The average molecular weight is 226 g/mol. The first-order valence-electron chi connectivity index (χ1n) is 6.07. The third-order valence-corrected chi connectivity index (χ3v) is 3.16. The first kappa shape index (κ1) is 10.3. The predicted molar refractivity (Wildman–Crippen MR) is 67.8 cm³/mol. The van der Waals surface area contributed by atoms with Crippen LogP contribution in [0.3, 0.4) is 0 Å². The summed E-state index contributed by atoms with van der Waals surface area (Å²) in [5.41, 5.74) is 2.46. The van der Waals surface area contributed by atoms with E-state index in [1.165, 1.54) is 24.8 Å². The summed E-state index contributed by atoms with van der Waals surface area (Å²) < 4.78 is 0. The Morgan fingerprint density at radius 1 is 1.18 bits per heavy atom. The summed E-state index contributed by atoms with van der Waals surface area (Å²) in [5, 5.41) is 10.0. The number of hydrogen-bond donors (Lipinski definition) is 0. The van der Waals surface area contributed by atoms with E-state index in [1.807, 2.05) is 12.4 Å². The molecule has 0 atom stereocenters. The van der Waals surface area contributed by atoms with Crippen LogP contribution in [0.15, 0.2) is 15.2 Å². The van der Waals surface area contributed by atoms with Crippen LogP contribution < -0.4 is 10.6 Å². The first-order valence-corrected chi connectivity index (χ1v) is 6.07. The molecule has 1 aromatic heterocycles. The number of aliphatic imine (C=N–C) groups is 1. The fraction of sp³-hybridized carbons (Fsp3) is 0.385. The van der Waals surface area contributed by atoms with Gasteiger partial charge < -0.3 is 0 Å². The third kappa shape index (κ3) is 1.69. The molecular weight excluding hydrogens is 212 g/mol. The van der Waals surface area contributed by atoms with E-state index < -0.39 is 0 Å². The second-order valence-electron chi connectivity index (χ2n) is 4.34. The number of hydrogen-bond acceptors (Lipinski definition) is 4. The Labute approximate surface area is 99.5 Å². The SMILES string of the molecule is CCCCCc1c2c(nc3c1=CN=N3)=CN=C2. The lowest BCUT2D eigenvalue weighted by atomic mass is 10.0. The number of unbranched alkanes of at least 4 members (excludes halogenated alkanes) is 2. The lowest BCUT2D eigenvalue weighted by molar-refractivity contribution is 0.714. The standard InChI is InChI=1S/C13H14N4/c1-2-3-4-5-9-10-6-14-8-12(10)16-13-11(9)7-15-17-13/h6-8H,2-5H2,1H3. The van der Waals surface area contributed by atoms with Gasteiger partial charge in [0.15, 0.2) is 5.82 Å². The minimum Gasteiger partial charge on any atom is -0.262 e. The van der Waals surface area contributed by atoms with Gasteiger partial charge in [0.25, 0.3) is 0 Å². The summed E-state index contributed by atoms with van der Waals surface area (Å²) in [6.07, 6.45) is 10.2. The molecule has 4 heteroatoms. The Kier molecular flexibility index (Phi) is 2.55. The molecule has 0 saturated carbocycles. The van der Waals surface area contributed by atoms with Crippen molar-refractivity contribution >= 4 is 24.4 Å². The maximum Gasteiger partial charge on any atom is 0.184 e. The van der Waals surface area contributed by atoms with Crippen LogP contribution in [-0.2, 0) is 6.42 Å². The summed E-state index contributed by atoms with van der Waals surface area (Å²) >= 11 is 0. The predicted octanol–water partition coefficient (Wildman–Crippen LogP) is 1.82. The van der Waals surface area contributed by atoms with E-state index in [0.29, 0.717) is 0 Å². The fourth-order valence-corrected chi connectivity index (χ4v) is 2.27. The van der Waals surface area contributed by atoms with Gasteiger partial charge in [-0.15, -0.1) is 5.11 Å². The van der Waals surface area contributed by atoms with Gasteiger partial charge >= 0.3 is 0 Å². The Bertz CT molecular complexity index is 626. The normalized spacial score (nSPS) is 14.4. The van der Waals surface area contributed by atoms with Gasteiger partial charge in [-0.1, -0.05) is 19.8 Å². The lowest BCUT2D eigenvalue weighted by Gasteiger charge is -2.05. The highest BCUT2D eigenvalue weighted by Crippen LogP contribution is 2.13. The topological polar surface area (TPSA) is 50.0 Å². The Morgan fingerprint density at radius 3 is 3.00 bits per heavy atom. The highest BCUT2D eigenvalue weighted by atomic mass is 15.2. The maximum absolute atomic E-state index is 4.45. The summed E-state index contributed by atoms with van der Waals surface area (Å²) in [5.74, 6) is 0.747. The van der Waals surface area contributed by atoms with E-state index in [2.05, 4.69) is 27.1 Å². The van der Waals surface area contributed by atoms with Gasteiger partial charge in [0, 0.05) is 17.0 Å². The van der Waals surface area contributed by atoms with Crippen LogP contribution in [0.1, 0.15) is 37.3 Å². The molecule has 0 amide bonds. The molecule has 3 heterocycles. The second kappa shape index (κ2) is 4.20. The van der Waals surface area contributed by atoms with Crippen molar-refractivity contribution in [2.45, 2.75) is 32.6 Å². The molecule has 17 heavy (non-hydrogen) atoms. The minimum atomic E-state index is 0.747. The molecule has 1 aromatic rings. The van der Waals surface area contributed by atoms with E-state index in [0.717, 1.165) is 28.4 Å². The van der Waals surface area contributed by atoms with Gasteiger partial charge in [-0.2, -0.15) is 5.11 Å². The number of pyridine rings is 1. The van der Waals surface area contributed by atoms with Gasteiger partial charge in [-0.05, 0) is 18.4 Å². The molecule has 0 bridgehead atoms. The number of rotatable bonds is 4. The van der Waals surface area contributed by atoms with Crippen molar-refractivity contribution in [3.8, 4) is 0 Å². The Morgan fingerprint density at radius 2 is 2.12 bits per heavy atom. The average Bonchev–Trinajstić information content (AvgIpc) is 2.95. The zero-order chi connectivity index (χ0) is 11.7. The van der Waals surface area contributed by atoms with Crippen molar-refractivity contribution in [3.63, 3.8) is 0 Å². The highest BCUT2D eigenvalue weighted by molar-refractivity contribution is 5.87. The van der Waals surface area contributed by atoms with Crippen molar-refractivity contribution in [1.29, 1.82) is 0 Å². The zero-order valence-electron chi connectivity index (χ0n) is 9.85. The van der Waals surface area contributed by atoms with Crippen molar-refractivity contribution in [2.75, 3.05) is 0 Å². The van der Waals surface area contributed by atoms with Gasteiger partial charge in [-0.3, -0.25) is 4.99 Å². The van der Waals surface area contributed by atoms with Crippen LogP contribution in [0.5, 0.6) is 0 Å². The second-order valence-corrected chi connectivity index (χ2v) is 4.34. The highest BCUT2D eigenvalue weighted by Gasteiger charge is 2.14. The van der Waals surface area contributed by atoms with E-state index >= 15 is 0 Å². The molecule has 0 unspecified atom stereocenters. The monoisotopic (exact) mass is 226 g/mol. The van der Waals surface area contributed by atoms with Crippen LogP contribution in [0, 0.1) is 0 Å². The van der Waals surface area contributed by atoms with E-state index in [-0.39, 0.29) is 0 Å². The molecule has 0 fully saturated rings. The van der Waals surface area contributed by atoms with E-state index in [1.54, 1.807) is 6.20 Å². The molecule has 3 rings (SSSR count). The van der Waals surface area contributed by atoms with Crippen LogP contribution >= 0.6 is 0 Å². The molecule has 2 aliphatic heterocycles. The van der Waals surface area contributed by atoms with Gasteiger partial charge in [0.05, 0.1) is 17.7 Å². The molecule has 0 spiro atoms. The Balaban J connectivity index is 2.08. The van der Waals surface area contributed by atoms with Crippen LogP contribution in [0.25, 0.3) is 12.4 Å². The van der Waals surface area contributed by atoms with Crippen molar-refractivity contribution in [1.82, 2.24) is 4.98 Å². The number of azo groups is 1. The first-order chi connectivity index (χ1) is 8.40. The molecular formula is C13H14N4. The van der Waals surface area contributed by atoms with Crippen molar-refractivity contribution in [3.05, 3.63) is 21.7 Å². The van der Waals surface area contributed by atoms with Crippen LogP contribution in [-0.4, -0.2) is 11.2 Å². The molecule has 0 saturated heterocycles. The van der Waals surface area contributed by atoms with Crippen LogP contribution in [0.4, 0.5) is 5.82 Å². The minimum absolute atomic E-state index is 0.747. The third-order valence-electron chi connectivity index (χ3n) is 3.16. The van der Waals surface area contributed by atoms with Gasteiger partial charge in [-0.25, -0.2) is 4.98 Å². The quantitative estimate of drug-likeness (QED) is 0.722. The van der Waals surface area contributed by atoms with Gasteiger partial charge in [0.1, 0.15) is 0 Å². The Hall–Kier alpha value is -1.84. The molecule has 0 aliphatic carbocycles. The smallest absolute Gasteiger partial charge is 0.184 e. The molecule has 4 nitrogen and oxygen atoms in total. The zero-order valence-corrected chi connectivity index (χ0v) is 9.85. The summed E-state index contributed by atoms with van der Waals surface area (Å²) in [6, 6.07) is 0. The molecule has 0 radical (unpaired) electrons. The van der Waals surface area contributed by atoms with Crippen molar-refractivity contribution in [2.24, 2.45) is 15.2 Å².